The first kappa shape index (κ1) is 13.6. The molecular weight excluding hydrogens is 303 g/mol. The molecule has 2 aliphatic carbocycles. The van der Waals surface area contributed by atoms with Crippen LogP contribution in [0.25, 0.3) is 0 Å². The molecule has 2 N–H and O–H groups in total. The van der Waals surface area contributed by atoms with E-state index in [4.69, 9.17) is 0 Å². The van der Waals surface area contributed by atoms with Crippen LogP contribution in [0.15, 0.2) is 24.3 Å². The van der Waals surface area contributed by atoms with Crippen LogP contribution in [0.3, 0.4) is 0 Å². The summed E-state index contributed by atoms with van der Waals surface area (Å²) in [6, 6.07) is 6.31. The first-order valence-corrected chi connectivity index (χ1v) is 8.17. The van der Waals surface area contributed by atoms with E-state index in [0.29, 0.717) is 11.0 Å². The molecule has 0 spiro atoms. The molecule has 0 saturated heterocycles. The van der Waals surface area contributed by atoms with Crippen LogP contribution in [0.2, 0.25) is 0 Å². The van der Waals surface area contributed by atoms with Crippen LogP contribution in [0.1, 0.15) is 41.7 Å². The number of hydrogen-bond acceptors (Lipinski definition) is 4. The molecule has 1 aromatic heterocycles. The molecule has 2 fully saturated rings. The maximum Gasteiger partial charge on any atom is 0.321 e. The van der Waals surface area contributed by atoms with Gasteiger partial charge in [0, 0.05) is 17.9 Å². The van der Waals surface area contributed by atoms with Gasteiger partial charge in [-0.15, -0.1) is 10.2 Å². The number of aromatic nitrogens is 2. The Bertz CT molecular complexity index is 715. The Morgan fingerprint density at radius 2 is 2.18 bits per heavy atom. The van der Waals surface area contributed by atoms with Crippen LogP contribution in [0.4, 0.5) is 14.3 Å². The second kappa shape index (κ2) is 5.31. The molecule has 2 amide bonds. The lowest BCUT2D eigenvalue weighted by Gasteiger charge is -2.04. The van der Waals surface area contributed by atoms with Gasteiger partial charge in [0.15, 0.2) is 0 Å². The Kier molecular flexibility index (Phi) is 3.29. The minimum Gasteiger partial charge on any atom is -0.334 e. The van der Waals surface area contributed by atoms with Crippen LogP contribution >= 0.6 is 11.3 Å². The number of rotatable bonds is 4. The summed E-state index contributed by atoms with van der Waals surface area (Å²) in [5.41, 5.74) is 0.928. The van der Waals surface area contributed by atoms with Gasteiger partial charge in [0.05, 0.1) is 0 Å². The maximum atomic E-state index is 13.2. The summed E-state index contributed by atoms with van der Waals surface area (Å²) in [4.78, 5) is 11.9. The number of nitrogens with zero attached hydrogens (tertiary/aromatic N) is 2. The van der Waals surface area contributed by atoms with Crippen molar-refractivity contribution in [3.05, 3.63) is 40.7 Å². The van der Waals surface area contributed by atoms with Gasteiger partial charge >= 0.3 is 6.03 Å². The first-order chi connectivity index (χ1) is 10.7. The zero-order valence-corrected chi connectivity index (χ0v) is 12.6. The van der Waals surface area contributed by atoms with Crippen LogP contribution in [-0.4, -0.2) is 22.3 Å². The molecule has 22 heavy (non-hydrogen) atoms. The van der Waals surface area contributed by atoms with Gasteiger partial charge in [-0.25, -0.2) is 9.18 Å². The lowest BCUT2D eigenvalue weighted by Crippen LogP contribution is -2.31. The van der Waals surface area contributed by atoms with Crippen molar-refractivity contribution in [3.63, 3.8) is 0 Å². The third-order valence-electron chi connectivity index (χ3n) is 3.97. The van der Waals surface area contributed by atoms with Crippen molar-refractivity contribution in [1.29, 1.82) is 0 Å². The second-order valence-corrected chi connectivity index (χ2v) is 6.83. The fourth-order valence-corrected chi connectivity index (χ4v) is 3.45. The Hall–Kier alpha value is -2.02. The molecule has 0 bridgehead atoms. The second-order valence-electron chi connectivity index (χ2n) is 5.82. The number of halogens is 1. The van der Waals surface area contributed by atoms with E-state index in [1.807, 2.05) is 6.07 Å². The highest BCUT2D eigenvalue weighted by Crippen LogP contribution is 2.42. The monoisotopic (exact) mass is 318 g/mol. The third-order valence-corrected chi connectivity index (χ3v) is 4.97. The van der Waals surface area contributed by atoms with Crippen molar-refractivity contribution in [2.45, 2.75) is 37.1 Å². The highest BCUT2D eigenvalue weighted by Gasteiger charge is 2.39. The van der Waals surface area contributed by atoms with Gasteiger partial charge in [0.25, 0.3) is 0 Å². The summed E-state index contributed by atoms with van der Waals surface area (Å²) in [6.45, 7) is 0. The van der Waals surface area contributed by atoms with E-state index in [9.17, 15) is 9.18 Å². The van der Waals surface area contributed by atoms with Crippen LogP contribution in [0, 0.1) is 5.82 Å². The van der Waals surface area contributed by atoms with Gasteiger partial charge in [-0.3, -0.25) is 5.32 Å². The minimum absolute atomic E-state index is 0.0534. The number of anilines is 1. The topological polar surface area (TPSA) is 66.9 Å². The summed E-state index contributed by atoms with van der Waals surface area (Å²) >= 11 is 1.43. The summed E-state index contributed by atoms with van der Waals surface area (Å²) in [5.74, 6) is 0.490. The largest absolute Gasteiger partial charge is 0.334 e. The molecule has 1 aromatic carbocycles. The molecule has 2 aromatic rings. The molecule has 4 rings (SSSR count). The van der Waals surface area contributed by atoms with E-state index in [1.54, 1.807) is 6.07 Å². The number of urea groups is 1. The molecule has 2 atom stereocenters. The van der Waals surface area contributed by atoms with Gasteiger partial charge in [-0.1, -0.05) is 23.5 Å². The van der Waals surface area contributed by atoms with Gasteiger partial charge in [0.1, 0.15) is 10.8 Å². The molecule has 7 heteroatoms. The van der Waals surface area contributed by atoms with Crippen molar-refractivity contribution < 1.29 is 9.18 Å². The van der Waals surface area contributed by atoms with Crippen LogP contribution in [0.5, 0.6) is 0 Å². The summed E-state index contributed by atoms with van der Waals surface area (Å²) in [6.07, 6.45) is 3.16. The number of nitrogens with one attached hydrogen (secondary N) is 2. The molecule has 2 saturated carbocycles. The van der Waals surface area contributed by atoms with E-state index in [0.717, 1.165) is 29.8 Å². The highest BCUT2D eigenvalue weighted by atomic mass is 32.1. The zero-order valence-electron chi connectivity index (χ0n) is 11.8. The molecule has 114 valence electrons. The van der Waals surface area contributed by atoms with Crippen molar-refractivity contribution in [1.82, 2.24) is 15.5 Å². The average Bonchev–Trinajstić information content (AvgIpc) is 3.40. The average molecular weight is 318 g/mol. The third kappa shape index (κ3) is 2.94. The Morgan fingerprint density at radius 3 is 2.95 bits per heavy atom. The normalized spacial score (nSPS) is 23.1. The fraction of sp³-hybridized carbons (Fsp3) is 0.400. The highest BCUT2D eigenvalue weighted by molar-refractivity contribution is 7.15. The number of hydrogen-bond donors (Lipinski definition) is 2. The van der Waals surface area contributed by atoms with Crippen LogP contribution in [-0.2, 0) is 0 Å². The zero-order chi connectivity index (χ0) is 15.1. The molecule has 0 aliphatic heterocycles. The SMILES string of the molecule is O=C(Nc1nnc(C2CC2)s1)NC1CC1c1cccc(F)c1. The van der Waals surface area contributed by atoms with E-state index < -0.39 is 0 Å². The summed E-state index contributed by atoms with van der Waals surface area (Å²) in [5, 5.41) is 15.2. The predicted octanol–water partition coefficient (Wildman–Crippen LogP) is 3.23. The lowest BCUT2D eigenvalue weighted by molar-refractivity contribution is 0.251. The molecule has 2 aliphatic rings. The van der Waals surface area contributed by atoms with Gasteiger partial charge in [-0.2, -0.15) is 0 Å². The number of amides is 2. The molecule has 0 radical (unpaired) electrons. The van der Waals surface area contributed by atoms with Gasteiger partial charge in [0.2, 0.25) is 5.13 Å². The Balaban J connectivity index is 1.31. The summed E-state index contributed by atoms with van der Waals surface area (Å²) < 4.78 is 13.2. The molecule has 1 heterocycles. The fourth-order valence-electron chi connectivity index (χ4n) is 2.54. The predicted molar refractivity (Wildman–Crippen MR) is 81.6 cm³/mol. The Labute approximate surface area is 131 Å². The molecular formula is C15H15FN4OS. The number of carbonyl (C=O) groups excluding carboxylic acids is 1. The molecule has 2 unspecified atom stereocenters. The quantitative estimate of drug-likeness (QED) is 0.909. The smallest absolute Gasteiger partial charge is 0.321 e. The van der Waals surface area contributed by atoms with Crippen molar-refractivity contribution in [2.75, 3.05) is 5.32 Å². The van der Waals surface area contributed by atoms with Gasteiger partial charge in [-0.05, 0) is 37.0 Å². The van der Waals surface area contributed by atoms with Crippen molar-refractivity contribution >= 4 is 22.5 Å². The number of carbonyl (C=O) groups is 1. The van der Waals surface area contributed by atoms with Crippen molar-refractivity contribution in [3.8, 4) is 0 Å². The standard InChI is InChI=1S/C15H15FN4OS/c16-10-3-1-2-9(6-10)11-7-12(11)17-14(21)18-15-20-19-13(22-15)8-4-5-8/h1-3,6,8,11-12H,4-5,7H2,(H2,17,18,20,21). The molecule has 5 nitrogen and oxygen atoms in total. The van der Waals surface area contributed by atoms with E-state index >= 15 is 0 Å². The van der Waals surface area contributed by atoms with Crippen molar-refractivity contribution in [2.24, 2.45) is 0 Å². The van der Waals surface area contributed by atoms with Crippen LogP contribution < -0.4 is 10.6 Å². The minimum atomic E-state index is -0.276. The van der Waals surface area contributed by atoms with E-state index in [-0.39, 0.29) is 23.8 Å². The van der Waals surface area contributed by atoms with E-state index in [2.05, 4.69) is 20.8 Å². The lowest BCUT2D eigenvalue weighted by atomic mass is 10.1. The Morgan fingerprint density at radius 1 is 1.32 bits per heavy atom. The maximum absolute atomic E-state index is 13.2. The summed E-state index contributed by atoms with van der Waals surface area (Å²) in [7, 11) is 0. The first-order valence-electron chi connectivity index (χ1n) is 7.35. The number of benzene rings is 1. The van der Waals surface area contributed by atoms with Gasteiger partial charge < -0.3 is 5.32 Å². The van der Waals surface area contributed by atoms with E-state index in [1.165, 1.54) is 23.5 Å².